The van der Waals surface area contributed by atoms with Gasteiger partial charge in [-0.15, -0.1) is 0 Å². The fraction of sp³-hybridized carbons (Fsp3) is 0.235. The third-order valence-electron chi connectivity index (χ3n) is 3.31. The van der Waals surface area contributed by atoms with Crippen molar-refractivity contribution in [3.63, 3.8) is 0 Å². The summed E-state index contributed by atoms with van der Waals surface area (Å²) >= 11 is 0. The first-order valence-electron chi connectivity index (χ1n) is 6.84. The molecule has 2 aromatic carbocycles. The van der Waals surface area contributed by atoms with Crippen molar-refractivity contribution < 1.29 is 29.2 Å². The highest BCUT2D eigenvalue weighted by molar-refractivity contribution is 5.94. The Hall–Kier alpha value is -2.89. The minimum Gasteiger partial charge on any atom is -0.507 e. The van der Waals surface area contributed by atoms with Gasteiger partial charge in [-0.05, 0) is 43.2 Å². The van der Waals surface area contributed by atoms with E-state index in [9.17, 15) is 15.0 Å². The molecule has 23 heavy (non-hydrogen) atoms. The van der Waals surface area contributed by atoms with Crippen molar-refractivity contribution in [2.75, 3.05) is 14.2 Å². The molecule has 6 nitrogen and oxygen atoms in total. The lowest BCUT2D eigenvalue weighted by molar-refractivity contribution is 0.0596. The molecule has 2 aromatic rings. The van der Waals surface area contributed by atoms with Gasteiger partial charge in [-0.2, -0.15) is 0 Å². The largest absolute Gasteiger partial charge is 0.507 e. The Bertz CT molecular complexity index is 728. The van der Waals surface area contributed by atoms with E-state index < -0.39 is 5.97 Å². The lowest BCUT2D eigenvalue weighted by Gasteiger charge is -2.14. The van der Waals surface area contributed by atoms with Gasteiger partial charge in [-0.3, -0.25) is 0 Å². The smallest absolute Gasteiger partial charge is 0.341 e. The number of aromatic hydroxyl groups is 2. The fourth-order valence-electron chi connectivity index (χ4n) is 2.24. The monoisotopic (exact) mass is 318 g/mol. The maximum atomic E-state index is 11.6. The second-order valence-electron chi connectivity index (χ2n) is 5.04. The summed E-state index contributed by atoms with van der Waals surface area (Å²) in [5, 5.41) is 20.1. The van der Waals surface area contributed by atoms with Gasteiger partial charge in [0.05, 0.1) is 14.2 Å². The number of rotatable bonds is 4. The number of phenols is 2. The molecule has 0 radical (unpaired) electrons. The Balaban J connectivity index is 2.42. The van der Waals surface area contributed by atoms with Crippen molar-refractivity contribution in [2.24, 2.45) is 0 Å². The van der Waals surface area contributed by atoms with E-state index in [2.05, 4.69) is 4.74 Å². The van der Waals surface area contributed by atoms with Crippen molar-refractivity contribution >= 4 is 5.97 Å². The normalized spacial score (nSPS) is 10.3. The fourth-order valence-corrected chi connectivity index (χ4v) is 2.24. The standard InChI is InChI=1S/C17H18O6/c1-9-5-13(21-3)16(19)14(6-9)23-11-7-10(2)15(12(18)8-11)17(20)22-4/h5-8,18-19H,1-4H3. The van der Waals surface area contributed by atoms with Gasteiger partial charge in [0.1, 0.15) is 17.1 Å². The van der Waals surface area contributed by atoms with Crippen LogP contribution in [-0.2, 0) is 4.74 Å². The summed E-state index contributed by atoms with van der Waals surface area (Å²) in [6, 6.07) is 6.16. The minimum atomic E-state index is -0.633. The molecule has 0 aliphatic rings. The third kappa shape index (κ3) is 3.31. The molecule has 122 valence electrons. The van der Waals surface area contributed by atoms with Crippen molar-refractivity contribution in [2.45, 2.75) is 13.8 Å². The number of hydrogen-bond donors (Lipinski definition) is 2. The van der Waals surface area contributed by atoms with Crippen molar-refractivity contribution in [1.29, 1.82) is 0 Å². The molecule has 6 heteroatoms. The van der Waals surface area contributed by atoms with Crippen molar-refractivity contribution in [3.8, 4) is 28.7 Å². The maximum Gasteiger partial charge on any atom is 0.341 e. The summed E-state index contributed by atoms with van der Waals surface area (Å²) in [6.07, 6.45) is 0. The Morgan fingerprint density at radius 3 is 2.22 bits per heavy atom. The molecule has 0 aliphatic carbocycles. The summed E-state index contributed by atoms with van der Waals surface area (Å²) in [6.45, 7) is 3.48. The van der Waals surface area contributed by atoms with E-state index in [-0.39, 0.29) is 34.3 Å². The summed E-state index contributed by atoms with van der Waals surface area (Å²) < 4.78 is 15.3. The average Bonchev–Trinajstić information content (AvgIpc) is 2.49. The molecule has 0 saturated heterocycles. The summed E-state index contributed by atoms with van der Waals surface area (Å²) in [7, 11) is 2.68. The predicted molar refractivity (Wildman–Crippen MR) is 83.7 cm³/mol. The van der Waals surface area contributed by atoms with Crippen LogP contribution >= 0.6 is 0 Å². The molecule has 2 N–H and O–H groups in total. The molecule has 0 fully saturated rings. The van der Waals surface area contributed by atoms with Crippen molar-refractivity contribution in [3.05, 3.63) is 41.0 Å². The molecule has 0 saturated carbocycles. The van der Waals surface area contributed by atoms with Gasteiger partial charge in [0, 0.05) is 6.07 Å². The van der Waals surface area contributed by atoms with E-state index in [4.69, 9.17) is 9.47 Å². The number of benzene rings is 2. The predicted octanol–water partition coefficient (Wildman–Crippen LogP) is 3.30. The zero-order valence-corrected chi connectivity index (χ0v) is 13.3. The lowest BCUT2D eigenvalue weighted by Crippen LogP contribution is -2.04. The van der Waals surface area contributed by atoms with Gasteiger partial charge >= 0.3 is 5.97 Å². The number of hydrogen-bond acceptors (Lipinski definition) is 6. The van der Waals surface area contributed by atoms with Crippen LogP contribution in [0, 0.1) is 13.8 Å². The van der Waals surface area contributed by atoms with Crippen LogP contribution < -0.4 is 9.47 Å². The molecule has 0 heterocycles. The van der Waals surface area contributed by atoms with Crippen LogP contribution in [0.4, 0.5) is 0 Å². The van der Waals surface area contributed by atoms with E-state index in [0.717, 1.165) is 5.56 Å². The highest BCUT2D eigenvalue weighted by atomic mass is 16.5. The zero-order chi connectivity index (χ0) is 17.1. The average molecular weight is 318 g/mol. The Morgan fingerprint density at radius 1 is 1.00 bits per heavy atom. The van der Waals surface area contributed by atoms with E-state index in [1.807, 2.05) is 6.92 Å². The van der Waals surface area contributed by atoms with Gasteiger partial charge in [0.2, 0.25) is 5.75 Å². The molecule has 2 rings (SSSR count). The summed E-state index contributed by atoms with van der Waals surface area (Å²) in [4.78, 5) is 11.6. The van der Waals surface area contributed by atoms with E-state index in [0.29, 0.717) is 5.56 Å². The SMILES string of the molecule is COC(=O)c1c(C)cc(Oc2cc(C)cc(OC)c2O)cc1O. The Labute approximate surface area is 133 Å². The quantitative estimate of drug-likeness (QED) is 0.841. The van der Waals surface area contributed by atoms with Gasteiger partial charge in [0.25, 0.3) is 0 Å². The Morgan fingerprint density at radius 2 is 1.65 bits per heavy atom. The van der Waals surface area contributed by atoms with E-state index in [1.165, 1.54) is 20.3 Å². The van der Waals surface area contributed by atoms with Crippen LogP contribution in [0.2, 0.25) is 0 Å². The first-order valence-corrected chi connectivity index (χ1v) is 6.84. The number of ether oxygens (including phenoxy) is 3. The lowest BCUT2D eigenvalue weighted by atomic mass is 10.1. The summed E-state index contributed by atoms with van der Waals surface area (Å²) in [5.74, 6) is -0.293. The van der Waals surface area contributed by atoms with E-state index >= 15 is 0 Å². The molecule has 0 atom stereocenters. The van der Waals surface area contributed by atoms with Gasteiger partial charge in [0.15, 0.2) is 11.5 Å². The van der Waals surface area contributed by atoms with Crippen LogP contribution in [0.5, 0.6) is 28.7 Å². The number of carbonyl (C=O) groups is 1. The van der Waals surface area contributed by atoms with Crippen LogP contribution in [0.3, 0.4) is 0 Å². The van der Waals surface area contributed by atoms with Gasteiger partial charge in [-0.25, -0.2) is 4.79 Å². The number of methoxy groups -OCH3 is 2. The first kappa shape index (κ1) is 16.5. The number of aryl methyl sites for hydroxylation is 2. The molecule has 0 bridgehead atoms. The number of carbonyl (C=O) groups excluding carboxylic acids is 1. The second-order valence-corrected chi connectivity index (χ2v) is 5.04. The van der Waals surface area contributed by atoms with Crippen LogP contribution in [0.25, 0.3) is 0 Å². The highest BCUT2D eigenvalue weighted by Crippen LogP contribution is 2.40. The third-order valence-corrected chi connectivity index (χ3v) is 3.31. The van der Waals surface area contributed by atoms with Gasteiger partial charge < -0.3 is 24.4 Å². The van der Waals surface area contributed by atoms with Crippen LogP contribution in [0.1, 0.15) is 21.5 Å². The van der Waals surface area contributed by atoms with Crippen LogP contribution in [-0.4, -0.2) is 30.4 Å². The molecule has 0 amide bonds. The molecule has 0 spiro atoms. The zero-order valence-electron chi connectivity index (χ0n) is 13.3. The number of esters is 1. The molecule has 0 aromatic heterocycles. The summed E-state index contributed by atoms with van der Waals surface area (Å²) in [5.41, 5.74) is 1.40. The number of phenolic OH excluding ortho intramolecular Hbond substituents is 2. The van der Waals surface area contributed by atoms with E-state index in [1.54, 1.807) is 25.1 Å². The highest BCUT2D eigenvalue weighted by Gasteiger charge is 2.18. The maximum absolute atomic E-state index is 11.6. The molecular weight excluding hydrogens is 300 g/mol. The minimum absolute atomic E-state index is 0.0749. The molecule has 0 aliphatic heterocycles. The first-order chi connectivity index (χ1) is 10.9. The second kappa shape index (κ2) is 6.48. The topological polar surface area (TPSA) is 85.2 Å². The molecular formula is C17H18O6. The van der Waals surface area contributed by atoms with Crippen molar-refractivity contribution in [1.82, 2.24) is 0 Å². The van der Waals surface area contributed by atoms with Crippen LogP contribution in [0.15, 0.2) is 24.3 Å². The van der Waals surface area contributed by atoms with Gasteiger partial charge in [-0.1, -0.05) is 0 Å². The molecule has 0 unspecified atom stereocenters. The Kier molecular flexibility index (Phi) is 4.64.